The fourth-order valence-electron chi connectivity index (χ4n) is 3.51. The van der Waals surface area contributed by atoms with E-state index in [9.17, 15) is 22.8 Å². The standard InChI is InChI=1S/C15H20N4O2.C2HF3O2/c16-14(21)19-8-5-15(11-19)4-2-7-18(10-15)13(20)12-3-1-6-17-9-12;3-2(4,5)1(6)7/h1,3,6,9H,2,4-5,7-8,10-11H2,(H2,16,21);(H,6,7). The number of amides is 3. The van der Waals surface area contributed by atoms with Crippen molar-refractivity contribution in [3.8, 4) is 0 Å². The number of halogens is 3. The van der Waals surface area contributed by atoms with E-state index >= 15 is 0 Å². The Balaban J connectivity index is 0.000000345. The highest BCUT2D eigenvalue weighted by atomic mass is 19.4. The molecule has 28 heavy (non-hydrogen) atoms. The third-order valence-corrected chi connectivity index (χ3v) is 4.85. The van der Waals surface area contributed by atoms with Crippen LogP contribution in [0.5, 0.6) is 0 Å². The van der Waals surface area contributed by atoms with Gasteiger partial charge >= 0.3 is 18.2 Å². The molecule has 0 radical (unpaired) electrons. The second kappa shape index (κ2) is 8.44. The molecule has 1 aromatic rings. The van der Waals surface area contributed by atoms with Crippen LogP contribution in [-0.4, -0.2) is 70.2 Å². The van der Waals surface area contributed by atoms with Crippen molar-refractivity contribution in [3.63, 3.8) is 0 Å². The first kappa shape index (κ1) is 21.5. The number of rotatable bonds is 1. The maximum absolute atomic E-state index is 12.5. The summed E-state index contributed by atoms with van der Waals surface area (Å²) in [4.78, 5) is 40.3. The summed E-state index contributed by atoms with van der Waals surface area (Å²) < 4.78 is 31.7. The molecule has 1 aromatic heterocycles. The quantitative estimate of drug-likeness (QED) is 0.742. The minimum atomic E-state index is -5.08. The molecule has 3 N–H and O–H groups in total. The number of aromatic nitrogens is 1. The minimum absolute atomic E-state index is 0.0190. The molecule has 1 unspecified atom stereocenters. The van der Waals surface area contributed by atoms with Crippen LogP contribution in [0.15, 0.2) is 24.5 Å². The molecule has 0 aromatic carbocycles. The maximum Gasteiger partial charge on any atom is 0.490 e. The van der Waals surface area contributed by atoms with E-state index < -0.39 is 12.1 Å². The van der Waals surface area contributed by atoms with E-state index in [1.165, 1.54) is 0 Å². The van der Waals surface area contributed by atoms with Gasteiger partial charge in [-0.25, -0.2) is 9.59 Å². The van der Waals surface area contributed by atoms with E-state index in [-0.39, 0.29) is 17.4 Å². The van der Waals surface area contributed by atoms with Crippen molar-refractivity contribution >= 4 is 17.9 Å². The second-order valence-corrected chi connectivity index (χ2v) is 6.88. The van der Waals surface area contributed by atoms with E-state index in [4.69, 9.17) is 15.6 Å². The SMILES string of the molecule is NC(=O)N1CCC2(CCCN(C(=O)c3cccnc3)C2)C1.O=C(O)C(F)(F)F. The highest BCUT2D eigenvalue weighted by Crippen LogP contribution is 2.39. The molecule has 3 rings (SSSR count). The van der Waals surface area contributed by atoms with Crippen molar-refractivity contribution in [2.45, 2.75) is 25.4 Å². The van der Waals surface area contributed by atoms with Crippen molar-refractivity contribution in [1.29, 1.82) is 0 Å². The molecule has 11 heteroatoms. The molecule has 0 bridgehead atoms. The van der Waals surface area contributed by atoms with Crippen LogP contribution in [0.4, 0.5) is 18.0 Å². The number of carbonyl (C=O) groups excluding carboxylic acids is 2. The van der Waals surface area contributed by atoms with Gasteiger partial charge in [-0.15, -0.1) is 0 Å². The Kier molecular flexibility index (Phi) is 6.47. The van der Waals surface area contributed by atoms with E-state index in [0.29, 0.717) is 25.2 Å². The van der Waals surface area contributed by atoms with Gasteiger partial charge < -0.3 is 20.6 Å². The van der Waals surface area contributed by atoms with Crippen molar-refractivity contribution in [2.24, 2.45) is 11.1 Å². The number of hydrogen-bond donors (Lipinski definition) is 2. The molecular formula is C17H21F3N4O4. The monoisotopic (exact) mass is 402 g/mol. The van der Waals surface area contributed by atoms with Gasteiger partial charge in [-0.3, -0.25) is 9.78 Å². The number of alkyl halides is 3. The number of urea groups is 1. The Labute approximate surface area is 159 Å². The van der Waals surface area contributed by atoms with Gasteiger partial charge in [0.2, 0.25) is 0 Å². The molecule has 0 aliphatic carbocycles. The summed E-state index contributed by atoms with van der Waals surface area (Å²) >= 11 is 0. The largest absolute Gasteiger partial charge is 0.490 e. The topological polar surface area (TPSA) is 117 Å². The fraction of sp³-hybridized carbons (Fsp3) is 0.529. The molecule has 2 aliphatic rings. The lowest BCUT2D eigenvalue weighted by Gasteiger charge is -2.40. The van der Waals surface area contributed by atoms with E-state index in [1.54, 1.807) is 29.4 Å². The van der Waals surface area contributed by atoms with Crippen LogP contribution in [0, 0.1) is 5.41 Å². The van der Waals surface area contributed by atoms with E-state index in [0.717, 1.165) is 25.8 Å². The third kappa shape index (κ3) is 5.33. The van der Waals surface area contributed by atoms with Crippen molar-refractivity contribution in [1.82, 2.24) is 14.8 Å². The summed E-state index contributed by atoms with van der Waals surface area (Å²) in [6, 6.07) is 3.21. The van der Waals surface area contributed by atoms with Crippen LogP contribution < -0.4 is 5.73 Å². The van der Waals surface area contributed by atoms with Crippen molar-refractivity contribution in [3.05, 3.63) is 30.1 Å². The highest BCUT2D eigenvalue weighted by molar-refractivity contribution is 5.94. The smallest absolute Gasteiger partial charge is 0.475 e. The van der Waals surface area contributed by atoms with Crippen LogP contribution in [0.25, 0.3) is 0 Å². The first-order chi connectivity index (χ1) is 13.0. The average Bonchev–Trinajstić information content (AvgIpc) is 3.05. The number of carboxylic acids is 1. The molecule has 1 spiro atoms. The summed E-state index contributed by atoms with van der Waals surface area (Å²) in [5.41, 5.74) is 6.01. The number of hydrogen-bond acceptors (Lipinski definition) is 4. The van der Waals surface area contributed by atoms with Gasteiger partial charge in [-0.05, 0) is 31.4 Å². The number of nitrogens with zero attached hydrogens (tertiary/aromatic N) is 3. The number of nitrogens with two attached hydrogens (primary N) is 1. The molecule has 2 fully saturated rings. The summed E-state index contributed by atoms with van der Waals surface area (Å²) in [5, 5.41) is 7.12. The summed E-state index contributed by atoms with van der Waals surface area (Å²) in [6.07, 6.45) is 1.13. The zero-order valence-corrected chi connectivity index (χ0v) is 15.0. The lowest BCUT2D eigenvalue weighted by Crippen LogP contribution is -2.48. The Bertz CT molecular complexity index is 729. The number of carboxylic acid groups (broad SMARTS) is 1. The number of likely N-dealkylation sites (tertiary alicyclic amines) is 2. The fourth-order valence-corrected chi connectivity index (χ4v) is 3.51. The van der Waals surface area contributed by atoms with Crippen LogP contribution in [-0.2, 0) is 4.79 Å². The summed E-state index contributed by atoms with van der Waals surface area (Å²) in [7, 11) is 0. The lowest BCUT2D eigenvalue weighted by atomic mass is 9.79. The molecule has 3 amide bonds. The van der Waals surface area contributed by atoms with Gasteiger partial charge in [-0.2, -0.15) is 13.2 Å². The lowest BCUT2D eigenvalue weighted by molar-refractivity contribution is -0.192. The molecule has 0 saturated carbocycles. The minimum Gasteiger partial charge on any atom is -0.475 e. The van der Waals surface area contributed by atoms with Gasteiger partial charge in [0.1, 0.15) is 0 Å². The molecular weight excluding hydrogens is 381 g/mol. The number of carbonyl (C=O) groups is 3. The Morgan fingerprint density at radius 2 is 1.79 bits per heavy atom. The molecule has 154 valence electrons. The van der Waals surface area contributed by atoms with E-state index in [2.05, 4.69) is 4.98 Å². The predicted octanol–water partition coefficient (Wildman–Crippen LogP) is 1.72. The Morgan fingerprint density at radius 3 is 2.29 bits per heavy atom. The Morgan fingerprint density at radius 1 is 1.14 bits per heavy atom. The number of piperidine rings is 1. The van der Waals surface area contributed by atoms with Gasteiger partial charge in [0.15, 0.2) is 0 Å². The van der Waals surface area contributed by atoms with Crippen LogP contribution in [0.1, 0.15) is 29.6 Å². The zero-order chi connectivity index (χ0) is 20.9. The molecule has 2 saturated heterocycles. The first-order valence-electron chi connectivity index (χ1n) is 8.58. The normalized spacial score (nSPS) is 21.8. The molecule has 2 aliphatic heterocycles. The van der Waals surface area contributed by atoms with Gasteiger partial charge in [0.25, 0.3) is 5.91 Å². The predicted molar refractivity (Wildman–Crippen MR) is 91.3 cm³/mol. The second-order valence-electron chi connectivity index (χ2n) is 6.88. The zero-order valence-electron chi connectivity index (χ0n) is 15.0. The van der Waals surface area contributed by atoms with Gasteiger partial charge in [-0.1, -0.05) is 0 Å². The summed E-state index contributed by atoms with van der Waals surface area (Å²) in [6.45, 7) is 2.83. The van der Waals surface area contributed by atoms with Gasteiger partial charge in [0.05, 0.1) is 5.56 Å². The third-order valence-electron chi connectivity index (χ3n) is 4.85. The molecule has 3 heterocycles. The molecule has 1 atom stereocenters. The highest BCUT2D eigenvalue weighted by Gasteiger charge is 2.43. The van der Waals surface area contributed by atoms with Crippen LogP contribution in [0.2, 0.25) is 0 Å². The average molecular weight is 402 g/mol. The first-order valence-corrected chi connectivity index (χ1v) is 8.58. The van der Waals surface area contributed by atoms with Crippen molar-refractivity contribution in [2.75, 3.05) is 26.2 Å². The van der Waals surface area contributed by atoms with Crippen LogP contribution in [0.3, 0.4) is 0 Å². The number of pyridine rings is 1. The van der Waals surface area contributed by atoms with Crippen LogP contribution >= 0.6 is 0 Å². The number of aliphatic carboxylic acids is 1. The molecule has 8 nitrogen and oxygen atoms in total. The van der Waals surface area contributed by atoms with Gasteiger partial charge in [0, 0.05) is 44.0 Å². The Hall–Kier alpha value is -2.85. The number of primary amides is 1. The maximum atomic E-state index is 12.5. The summed E-state index contributed by atoms with van der Waals surface area (Å²) in [5.74, 6) is -2.73. The van der Waals surface area contributed by atoms with E-state index in [1.807, 2.05) is 4.90 Å². The van der Waals surface area contributed by atoms with Crippen molar-refractivity contribution < 1.29 is 32.7 Å².